The summed E-state index contributed by atoms with van der Waals surface area (Å²) in [6.07, 6.45) is 0.833. The van der Waals surface area contributed by atoms with Crippen LogP contribution in [0.15, 0.2) is 42.5 Å². The van der Waals surface area contributed by atoms with Gasteiger partial charge < -0.3 is 10.1 Å². The van der Waals surface area contributed by atoms with Gasteiger partial charge in [0, 0.05) is 17.6 Å². The molecule has 0 saturated heterocycles. The molecule has 0 spiro atoms. The predicted octanol–water partition coefficient (Wildman–Crippen LogP) is 4.73. The van der Waals surface area contributed by atoms with Crippen LogP contribution < -0.4 is 10.1 Å². The molecule has 0 aromatic heterocycles. The molecule has 1 unspecified atom stereocenters. The Morgan fingerprint density at radius 1 is 1.19 bits per heavy atom. The zero-order valence-electron chi connectivity index (χ0n) is 12.2. The van der Waals surface area contributed by atoms with Gasteiger partial charge in [0.1, 0.15) is 11.6 Å². The lowest BCUT2D eigenvalue weighted by Crippen LogP contribution is -2.20. The fraction of sp³-hybridized carbons (Fsp3) is 0.294. The van der Waals surface area contributed by atoms with Gasteiger partial charge in [0.2, 0.25) is 0 Å². The standard InChI is InChI=1S/C17H19ClFNO/c1-3-17(15-10-13(19)6-9-16(15)18)20-11-12-4-7-14(21-2)8-5-12/h4-10,17,20H,3,11H2,1-2H3. The van der Waals surface area contributed by atoms with Crippen molar-refractivity contribution in [3.05, 3.63) is 64.4 Å². The molecule has 0 fully saturated rings. The number of hydrogen-bond acceptors (Lipinski definition) is 2. The van der Waals surface area contributed by atoms with E-state index in [1.54, 1.807) is 13.2 Å². The van der Waals surface area contributed by atoms with Crippen LogP contribution in [0.3, 0.4) is 0 Å². The van der Waals surface area contributed by atoms with Crippen molar-refractivity contribution < 1.29 is 9.13 Å². The Bertz CT molecular complexity index is 586. The summed E-state index contributed by atoms with van der Waals surface area (Å²) in [5.41, 5.74) is 1.94. The van der Waals surface area contributed by atoms with Gasteiger partial charge in [-0.3, -0.25) is 0 Å². The summed E-state index contributed by atoms with van der Waals surface area (Å²) in [6, 6.07) is 12.4. The summed E-state index contributed by atoms with van der Waals surface area (Å²) in [4.78, 5) is 0. The minimum absolute atomic E-state index is 0.0234. The monoisotopic (exact) mass is 307 g/mol. The summed E-state index contributed by atoms with van der Waals surface area (Å²) in [5, 5.41) is 4.00. The van der Waals surface area contributed by atoms with E-state index >= 15 is 0 Å². The first-order chi connectivity index (χ1) is 10.1. The highest BCUT2D eigenvalue weighted by atomic mass is 35.5. The molecule has 2 aromatic carbocycles. The molecule has 0 radical (unpaired) electrons. The van der Waals surface area contributed by atoms with Crippen LogP contribution in [0.25, 0.3) is 0 Å². The van der Waals surface area contributed by atoms with Crippen molar-refractivity contribution in [2.45, 2.75) is 25.9 Å². The van der Waals surface area contributed by atoms with Crippen LogP contribution in [-0.2, 0) is 6.54 Å². The molecule has 0 aliphatic rings. The molecule has 1 N–H and O–H groups in total. The van der Waals surface area contributed by atoms with Crippen LogP contribution in [0, 0.1) is 5.82 Å². The summed E-state index contributed by atoms with van der Waals surface area (Å²) < 4.78 is 18.5. The summed E-state index contributed by atoms with van der Waals surface area (Å²) >= 11 is 6.17. The van der Waals surface area contributed by atoms with Crippen molar-refractivity contribution in [3.8, 4) is 5.75 Å². The van der Waals surface area contributed by atoms with E-state index in [4.69, 9.17) is 16.3 Å². The molecule has 21 heavy (non-hydrogen) atoms. The third kappa shape index (κ3) is 4.19. The third-order valence-corrected chi connectivity index (χ3v) is 3.80. The van der Waals surface area contributed by atoms with E-state index in [1.807, 2.05) is 31.2 Å². The van der Waals surface area contributed by atoms with Gasteiger partial charge in [0.05, 0.1) is 7.11 Å². The average molecular weight is 308 g/mol. The highest BCUT2D eigenvalue weighted by Gasteiger charge is 2.13. The largest absolute Gasteiger partial charge is 0.497 e. The average Bonchev–Trinajstić information content (AvgIpc) is 2.51. The second-order valence-electron chi connectivity index (χ2n) is 4.86. The Balaban J connectivity index is 2.06. The topological polar surface area (TPSA) is 21.3 Å². The lowest BCUT2D eigenvalue weighted by Gasteiger charge is -2.19. The van der Waals surface area contributed by atoms with Gasteiger partial charge in [-0.2, -0.15) is 0 Å². The van der Waals surface area contributed by atoms with Crippen LogP contribution in [-0.4, -0.2) is 7.11 Å². The first-order valence-electron chi connectivity index (χ1n) is 6.95. The van der Waals surface area contributed by atoms with E-state index in [-0.39, 0.29) is 11.9 Å². The van der Waals surface area contributed by atoms with Crippen LogP contribution in [0.1, 0.15) is 30.5 Å². The number of methoxy groups -OCH3 is 1. The normalized spacial score (nSPS) is 12.2. The van der Waals surface area contributed by atoms with E-state index in [0.29, 0.717) is 11.6 Å². The fourth-order valence-electron chi connectivity index (χ4n) is 2.24. The van der Waals surface area contributed by atoms with E-state index in [9.17, 15) is 4.39 Å². The van der Waals surface area contributed by atoms with E-state index in [1.165, 1.54) is 12.1 Å². The van der Waals surface area contributed by atoms with Gasteiger partial charge in [-0.15, -0.1) is 0 Å². The van der Waals surface area contributed by atoms with Crippen molar-refractivity contribution in [2.24, 2.45) is 0 Å². The molecule has 2 nitrogen and oxygen atoms in total. The van der Waals surface area contributed by atoms with Gasteiger partial charge in [-0.05, 0) is 47.9 Å². The number of nitrogens with one attached hydrogen (secondary N) is 1. The molecule has 4 heteroatoms. The minimum Gasteiger partial charge on any atom is -0.497 e. The van der Waals surface area contributed by atoms with Crippen LogP contribution in [0.4, 0.5) is 4.39 Å². The molecule has 0 amide bonds. The van der Waals surface area contributed by atoms with Crippen molar-refractivity contribution in [2.75, 3.05) is 7.11 Å². The molecule has 112 valence electrons. The second-order valence-corrected chi connectivity index (χ2v) is 5.26. The quantitative estimate of drug-likeness (QED) is 0.833. The summed E-state index contributed by atoms with van der Waals surface area (Å²) in [6.45, 7) is 2.74. The molecular formula is C17H19ClFNO. The third-order valence-electron chi connectivity index (χ3n) is 3.45. The van der Waals surface area contributed by atoms with Gasteiger partial charge in [0.15, 0.2) is 0 Å². The molecule has 1 atom stereocenters. The molecule has 2 aromatic rings. The van der Waals surface area contributed by atoms with Crippen molar-refractivity contribution in [1.82, 2.24) is 5.32 Å². The molecule has 0 aliphatic carbocycles. The second kappa shape index (κ2) is 7.43. The Hall–Kier alpha value is -1.58. The Labute approximate surface area is 129 Å². The maximum atomic E-state index is 13.4. The maximum absolute atomic E-state index is 13.4. The number of rotatable bonds is 6. The van der Waals surface area contributed by atoms with Crippen molar-refractivity contribution in [3.63, 3.8) is 0 Å². The van der Waals surface area contributed by atoms with Crippen LogP contribution in [0.5, 0.6) is 5.75 Å². The van der Waals surface area contributed by atoms with Crippen LogP contribution >= 0.6 is 11.6 Å². The molecule has 2 rings (SSSR count). The first-order valence-corrected chi connectivity index (χ1v) is 7.33. The Morgan fingerprint density at radius 2 is 1.90 bits per heavy atom. The molecule has 0 heterocycles. The SMILES string of the molecule is CCC(NCc1ccc(OC)cc1)c1cc(F)ccc1Cl. The zero-order chi connectivity index (χ0) is 15.2. The van der Waals surface area contributed by atoms with Crippen molar-refractivity contribution >= 4 is 11.6 Å². The van der Waals surface area contributed by atoms with E-state index in [2.05, 4.69) is 5.32 Å². The van der Waals surface area contributed by atoms with Gasteiger partial charge in [0.25, 0.3) is 0 Å². The van der Waals surface area contributed by atoms with Crippen LogP contribution in [0.2, 0.25) is 5.02 Å². The minimum atomic E-state index is -0.265. The Kier molecular flexibility index (Phi) is 5.59. The number of halogens is 2. The van der Waals surface area contributed by atoms with Crippen molar-refractivity contribution in [1.29, 1.82) is 0 Å². The van der Waals surface area contributed by atoms with Gasteiger partial charge in [-0.1, -0.05) is 30.7 Å². The lowest BCUT2D eigenvalue weighted by molar-refractivity contribution is 0.414. The zero-order valence-corrected chi connectivity index (χ0v) is 13.0. The summed E-state index contributed by atoms with van der Waals surface area (Å²) in [7, 11) is 1.65. The highest BCUT2D eigenvalue weighted by Crippen LogP contribution is 2.26. The maximum Gasteiger partial charge on any atom is 0.123 e. The Morgan fingerprint density at radius 3 is 2.52 bits per heavy atom. The van der Waals surface area contributed by atoms with Gasteiger partial charge >= 0.3 is 0 Å². The molecule has 0 saturated carbocycles. The van der Waals surface area contributed by atoms with E-state index in [0.717, 1.165) is 23.3 Å². The first kappa shape index (κ1) is 15.8. The molecule has 0 aliphatic heterocycles. The molecule has 0 bridgehead atoms. The fourth-order valence-corrected chi connectivity index (χ4v) is 2.49. The summed E-state index contributed by atoms with van der Waals surface area (Å²) in [5.74, 6) is 0.568. The number of hydrogen-bond donors (Lipinski definition) is 1. The number of ether oxygens (including phenoxy) is 1. The smallest absolute Gasteiger partial charge is 0.123 e. The lowest BCUT2D eigenvalue weighted by atomic mass is 10.0. The van der Waals surface area contributed by atoms with Gasteiger partial charge in [-0.25, -0.2) is 4.39 Å². The van der Waals surface area contributed by atoms with E-state index < -0.39 is 0 Å². The molecular weight excluding hydrogens is 289 g/mol. The number of benzene rings is 2. The predicted molar refractivity (Wildman–Crippen MR) is 84.3 cm³/mol. The highest BCUT2D eigenvalue weighted by molar-refractivity contribution is 6.31.